The first-order chi connectivity index (χ1) is 20.2. The third-order valence-electron chi connectivity index (χ3n) is 8.04. The summed E-state index contributed by atoms with van der Waals surface area (Å²) in [5.41, 5.74) is 3.79. The van der Waals surface area contributed by atoms with Crippen LogP contribution in [-0.4, -0.2) is 67.0 Å². The second-order valence-electron chi connectivity index (χ2n) is 10.5. The molecule has 8 nitrogen and oxygen atoms in total. The van der Waals surface area contributed by atoms with E-state index < -0.39 is 0 Å². The van der Waals surface area contributed by atoms with Crippen molar-refractivity contribution >= 4 is 28.7 Å². The van der Waals surface area contributed by atoms with Gasteiger partial charge in [-0.15, -0.1) is 0 Å². The number of thioether (sulfide) groups is 1. The summed E-state index contributed by atoms with van der Waals surface area (Å²) < 4.78 is 3.41. The van der Waals surface area contributed by atoms with E-state index in [2.05, 4.69) is 58.5 Å². The van der Waals surface area contributed by atoms with Gasteiger partial charge in [0.05, 0.1) is 24.0 Å². The third kappa shape index (κ3) is 4.85. The molecule has 1 unspecified atom stereocenters. The summed E-state index contributed by atoms with van der Waals surface area (Å²) >= 11 is 1.53. The standard InChI is InChI=1S/C32H30N6O2S/c39-28(35-16-18-36(19-17-35)29(23-10-4-1-5-11-23)24-12-6-2-7-13-24)20-26-22-41-32-34-30-27(31(40)37(26)32)21-33-38(30)25-14-8-3-9-15-25/h1-15,21,26,29H,16-20,22H2. The lowest BCUT2D eigenvalue weighted by atomic mass is 9.96. The van der Waals surface area contributed by atoms with Crippen LogP contribution in [0.5, 0.6) is 0 Å². The fourth-order valence-corrected chi connectivity index (χ4v) is 7.11. The number of benzene rings is 3. The first-order valence-electron chi connectivity index (χ1n) is 14.0. The number of hydrogen-bond acceptors (Lipinski definition) is 6. The van der Waals surface area contributed by atoms with Crippen molar-refractivity contribution in [1.82, 2.24) is 29.1 Å². The second kappa shape index (κ2) is 11.0. The Bertz CT molecular complexity index is 1690. The number of nitrogens with zero attached hydrogens (tertiary/aromatic N) is 6. The van der Waals surface area contributed by atoms with Gasteiger partial charge in [-0.2, -0.15) is 5.10 Å². The molecule has 0 spiro atoms. The Hall–Kier alpha value is -4.21. The predicted molar refractivity (Wildman–Crippen MR) is 160 cm³/mol. The third-order valence-corrected chi connectivity index (χ3v) is 9.14. The van der Waals surface area contributed by atoms with Crippen molar-refractivity contribution in [2.75, 3.05) is 31.9 Å². The highest BCUT2D eigenvalue weighted by atomic mass is 32.2. The van der Waals surface area contributed by atoms with Crippen molar-refractivity contribution in [2.24, 2.45) is 0 Å². The molecule has 41 heavy (non-hydrogen) atoms. The summed E-state index contributed by atoms with van der Waals surface area (Å²) in [7, 11) is 0. The molecule has 5 aromatic rings. The molecular weight excluding hydrogens is 532 g/mol. The summed E-state index contributed by atoms with van der Waals surface area (Å²) in [5, 5.41) is 5.56. The van der Waals surface area contributed by atoms with Crippen molar-refractivity contribution in [3.63, 3.8) is 0 Å². The van der Waals surface area contributed by atoms with Gasteiger partial charge in [-0.3, -0.25) is 19.1 Å². The van der Waals surface area contributed by atoms with Crippen molar-refractivity contribution in [3.05, 3.63) is 119 Å². The molecule has 2 aliphatic heterocycles. The summed E-state index contributed by atoms with van der Waals surface area (Å²) in [6.07, 6.45) is 1.88. The topological polar surface area (TPSA) is 76.3 Å². The molecule has 1 saturated heterocycles. The first-order valence-corrected chi connectivity index (χ1v) is 15.0. The highest BCUT2D eigenvalue weighted by Crippen LogP contribution is 2.34. The minimum Gasteiger partial charge on any atom is -0.340 e. The van der Waals surface area contributed by atoms with Crippen molar-refractivity contribution in [2.45, 2.75) is 23.7 Å². The molecule has 3 aromatic carbocycles. The van der Waals surface area contributed by atoms with Crippen molar-refractivity contribution < 1.29 is 4.79 Å². The number of para-hydroxylation sites is 1. The maximum atomic E-state index is 13.5. The number of piperazine rings is 1. The van der Waals surface area contributed by atoms with Crippen LogP contribution in [0.1, 0.15) is 29.6 Å². The summed E-state index contributed by atoms with van der Waals surface area (Å²) in [6.45, 7) is 2.91. The van der Waals surface area contributed by atoms with Gasteiger partial charge in [-0.05, 0) is 23.3 Å². The molecule has 206 valence electrons. The monoisotopic (exact) mass is 562 g/mol. The van der Waals surface area contributed by atoms with Crippen LogP contribution in [0.4, 0.5) is 0 Å². The quantitative estimate of drug-likeness (QED) is 0.283. The zero-order chi connectivity index (χ0) is 27.8. The molecule has 7 rings (SSSR count). The van der Waals surface area contributed by atoms with Gasteiger partial charge in [0, 0.05) is 38.4 Å². The molecular formula is C32H30N6O2S. The fourth-order valence-electron chi connectivity index (χ4n) is 5.98. The SMILES string of the molecule is O=C(CC1CSc2nc3c(cnn3-c3ccccc3)c(=O)n21)N1CCN(C(c2ccccc2)c2ccccc2)CC1. The summed E-state index contributed by atoms with van der Waals surface area (Å²) in [6, 6.07) is 30.8. The number of carbonyl (C=O) groups is 1. The number of hydrogen-bond donors (Lipinski definition) is 0. The van der Waals surface area contributed by atoms with E-state index in [1.807, 2.05) is 47.4 Å². The van der Waals surface area contributed by atoms with Crippen LogP contribution in [0.2, 0.25) is 0 Å². The largest absolute Gasteiger partial charge is 0.340 e. The van der Waals surface area contributed by atoms with Gasteiger partial charge >= 0.3 is 0 Å². The zero-order valence-electron chi connectivity index (χ0n) is 22.5. The highest BCUT2D eigenvalue weighted by Gasteiger charge is 2.33. The minimum absolute atomic E-state index is 0.0889. The van der Waals surface area contributed by atoms with Crippen LogP contribution < -0.4 is 5.56 Å². The van der Waals surface area contributed by atoms with Gasteiger partial charge < -0.3 is 4.90 Å². The molecule has 9 heteroatoms. The normalized spacial score (nSPS) is 17.3. The number of rotatable bonds is 6. The Morgan fingerprint density at radius 3 is 2.10 bits per heavy atom. The molecule has 0 radical (unpaired) electrons. The van der Waals surface area contributed by atoms with E-state index in [-0.39, 0.29) is 23.6 Å². The van der Waals surface area contributed by atoms with Gasteiger partial charge in [0.1, 0.15) is 5.39 Å². The van der Waals surface area contributed by atoms with Crippen molar-refractivity contribution in [3.8, 4) is 5.69 Å². The van der Waals surface area contributed by atoms with E-state index in [1.54, 1.807) is 15.4 Å². The minimum atomic E-state index is -0.216. The van der Waals surface area contributed by atoms with Gasteiger partial charge in [0.25, 0.3) is 5.56 Å². The fraction of sp³-hybridized carbons (Fsp3) is 0.250. The van der Waals surface area contributed by atoms with E-state index in [4.69, 9.17) is 4.98 Å². The van der Waals surface area contributed by atoms with Gasteiger partial charge in [-0.1, -0.05) is 90.6 Å². The Labute approximate surface area is 242 Å². The van der Waals surface area contributed by atoms with Gasteiger partial charge in [0.2, 0.25) is 5.91 Å². The molecule has 2 aliphatic rings. The smallest absolute Gasteiger partial charge is 0.265 e. The lowest BCUT2D eigenvalue weighted by Gasteiger charge is -2.40. The zero-order valence-corrected chi connectivity index (χ0v) is 23.4. The molecule has 1 atom stereocenters. The van der Waals surface area contributed by atoms with Crippen LogP contribution in [0.25, 0.3) is 16.7 Å². The maximum Gasteiger partial charge on any atom is 0.265 e. The molecule has 1 fully saturated rings. The first kappa shape index (κ1) is 25.7. The Morgan fingerprint density at radius 1 is 0.854 bits per heavy atom. The highest BCUT2D eigenvalue weighted by molar-refractivity contribution is 7.99. The molecule has 4 heterocycles. The molecule has 2 aromatic heterocycles. The summed E-state index contributed by atoms with van der Waals surface area (Å²) in [5.74, 6) is 0.745. The molecule has 0 aliphatic carbocycles. The maximum absolute atomic E-state index is 13.5. The average molecular weight is 563 g/mol. The molecule has 0 bridgehead atoms. The number of fused-ring (bicyclic) bond motifs is 2. The van der Waals surface area contributed by atoms with E-state index in [1.165, 1.54) is 22.9 Å². The Balaban J connectivity index is 1.06. The summed E-state index contributed by atoms with van der Waals surface area (Å²) in [4.78, 5) is 36.3. The number of aromatic nitrogens is 4. The lowest BCUT2D eigenvalue weighted by molar-refractivity contribution is -0.133. The van der Waals surface area contributed by atoms with Gasteiger partial charge in [-0.25, -0.2) is 9.67 Å². The van der Waals surface area contributed by atoms with E-state index in [0.717, 1.165) is 18.8 Å². The number of carbonyl (C=O) groups excluding carboxylic acids is 1. The average Bonchev–Trinajstić information content (AvgIpc) is 3.64. The molecule has 0 N–H and O–H groups in total. The van der Waals surface area contributed by atoms with E-state index in [9.17, 15) is 9.59 Å². The molecule has 1 amide bonds. The second-order valence-corrected chi connectivity index (χ2v) is 11.5. The van der Waals surface area contributed by atoms with Crippen LogP contribution in [0, 0.1) is 0 Å². The van der Waals surface area contributed by atoms with E-state index in [0.29, 0.717) is 41.5 Å². The predicted octanol–water partition coefficient (Wildman–Crippen LogP) is 4.55. The van der Waals surface area contributed by atoms with Crippen molar-refractivity contribution in [1.29, 1.82) is 0 Å². The van der Waals surface area contributed by atoms with Crippen LogP contribution in [0.3, 0.4) is 0 Å². The van der Waals surface area contributed by atoms with Gasteiger partial charge in [0.15, 0.2) is 10.8 Å². The van der Waals surface area contributed by atoms with Crippen LogP contribution in [-0.2, 0) is 4.79 Å². The number of amides is 1. The lowest BCUT2D eigenvalue weighted by Crippen LogP contribution is -2.50. The van der Waals surface area contributed by atoms with Crippen LogP contribution in [0.15, 0.2) is 107 Å². The molecule has 0 saturated carbocycles. The Kier molecular flexibility index (Phi) is 6.90. The Morgan fingerprint density at radius 2 is 1.46 bits per heavy atom. The van der Waals surface area contributed by atoms with E-state index >= 15 is 0 Å². The van der Waals surface area contributed by atoms with Crippen LogP contribution >= 0.6 is 11.8 Å².